The number of rotatable bonds is 12. The quantitative estimate of drug-likeness (QED) is 0.461. The van der Waals surface area contributed by atoms with Crippen molar-refractivity contribution in [2.24, 2.45) is 5.92 Å². The zero-order valence-electron chi connectivity index (χ0n) is 19.3. The molecular formula is C25H35FN2O4S. The second-order valence-corrected chi connectivity index (χ2v) is 10.6. The fraction of sp³-hybridized carbons (Fsp3) is 0.520. The first-order valence-electron chi connectivity index (χ1n) is 11.7. The number of ether oxygens (including phenoxy) is 1. The molecule has 182 valence electrons. The van der Waals surface area contributed by atoms with Gasteiger partial charge in [0.25, 0.3) is 10.0 Å². The molecule has 1 saturated heterocycles. The predicted octanol–water partition coefficient (Wildman–Crippen LogP) is 4.29. The minimum atomic E-state index is -3.75. The largest absolute Gasteiger partial charge is 0.494 e. The summed E-state index contributed by atoms with van der Waals surface area (Å²) in [7, 11) is -2.28. The molecule has 1 aliphatic heterocycles. The van der Waals surface area contributed by atoms with Crippen LogP contribution in [0.2, 0.25) is 0 Å². The van der Waals surface area contributed by atoms with Crippen LogP contribution in [0.25, 0.3) is 0 Å². The first-order valence-corrected chi connectivity index (χ1v) is 13.1. The van der Waals surface area contributed by atoms with Gasteiger partial charge in [-0.25, -0.2) is 12.8 Å². The van der Waals surface area contributed by atoms with E-state index in [1.807, 2.05) is 0 Å². The Morgan fingerprint density at radius 1 is 1.00 bits per heavy atom. The van der Waals surface area contributed by atoms with Gasteiger partial charge < -0.3 is 14.7 Å². The SMILES string of the molecule is CN(c1ccc(OCCCCCCN2CCC(CO)CC2)cc1)S(=O)(=O)c1ccc(F)cc1. The molecule has 0 unspecified atom stereocenters. The molecule has 8 heteroatoms. The number of sulfonamides is 1. The average molecular weight is 479 g/mol. The molecule has 2 aromatic rings. The number of halogens is 1. The van der Waals surface area contributed by atoms with Gasteiger partial charge in [0.05, 0.1) is 17.2 Å². The van der Waals surface area contributed by atoms with Crippen LogP contribution in [-0.4, -0.2) is 58.3 Å². The number of nitrogens with zero attached hydrogens (tertiary/aromatic N) is 2. The molecule has 1 heterocycles. The Kier molecular flexibility index (Phi) is 9.52. The van der Waals surface area contributed by atoms with Gasteiger partial charge in [0.1, 0.15) is 11.6 Å². The molecule has 0 aromatic heterocycles. The summed E-state index contributed by atoms with van der Waals surface area (Å²) in [4.78, 5) is 2.54. The van der Waals surface area contributed by atoms with Crippen LogP contribution < -0.4 is 9.04 Å². The standard InChI is InChI=1S/C25H35FN2O4S/c1-27(33(30,31)25-12-6-22(26)7-13-25)23-8-10-24(11-9-23)32-19-5-3-2-4-16-28-17-14-21(20-29)15-18-28/h6-13,21,29H,2-5,14-20H2,1H3. The van der Waals surface area contributed by atoms with Gasteiger partial charge in [-0.05, 0) is 99.8 Å². The Morgan fingerprint density at radius 3 is 2.27 bits per heavy atom. The number of piperidine rings is 1. The van der Waals surface area contributed by atoms with Gasteiger partial charge in [-0.2, -0.15) is 0 Å². The van der Waals surface area contributed by atoms with Crippen molar-refractivity contribution in [1.82, 2.24) is 4.90 Å². The molecule has 3 rings (SSSR count). The highest BCUT2D eigenvalue weighted by Gasteiger charge is 2.21. The van der Waals surface area contributed by atoms with Gasteiger partial charge in [-0.15, -0.1) is 0 Å². The lowest BCUT2D eigenvalue weighted by atomic mass is 9.98. The van der Waals surface area contributed by atoms with Crippen LogP contribution in [0, 0.1) is 11.7 Å². The summed E-state index contributed by atoms with van der Waals surface area (Å²) in [5.41, 5.74) is 0.509. The maximum Gasteiger partial charge on any atom is 0.264 e. The smallest absolute Gasteiger partial charge is 0.264 e. The van der Waals surface area contributed by atoms with Crippen LogP contribution in [0.3, 0.4) is 0 Å². The maximum atomic E-state index is 13.1. The number of aliphatic hydroxyl groups is 1. The van der Waals surface area contributed by atoms with Crippen LogP contribution in [0.5, 0.6) is 5.75 Å². The molecule has 1 aliphatic rings. The normalized spacial score (nSPS) is 15.5. The van der Waals surface area contributed by atoms with E-state index in [1.54, 1.807) is 24.3 Å². The van der Waals surface area contributed by atoms with Gasteiger partial charge >= 0.3 is 0 Å². The van der Waals surface area contributed by atoms with E-state index >= 15 is 0 Å². The third-order valence-electron chi connectivity index (χ3n) is 6.28. The molecule has 1 N–H and O–H groups in total. The molecule has 0 spiro atoms. The minimum absolute atomic E-state index is 0.0429. The maximum absolute atomic E-state index is 13.1. The zero-order chi connectivity index (χ0) is 23.7. The predicted molar refractivity (Wildman–Crippen MR) is 129 cm³/mol. The Morgan fingerprint density at radius 2 is 1.64 bits per heavy atom. The number of anilines is 1. The molecule has 0 bridgehead atoms. The highest BCUT2D eigenvalue weighted by molar-refractivity contribution is 7.92. The summed E-state index contributed by atoms with van der Waals surface area (Å²) in [6.07, 6.45) is 6.67. The van der Waals surface area contributed by atoms with Crippen molar-refractivity contribution >= 4 is 15.7 Å². The fourth-order valence-electron chi connectivity index (χ4n) is 4.03. The van der Waals surface area contributed by atoms with Crippen molar-refractivity contribution in [2.75, 3.05) is 44.2 Å². The van der Waals surface area contributed by atoms with Crippen molar-refractivity contribution in [3.63, 3.8) is 0 Å². The second kappa shape index (κ2) is 12.3. The first-order chi connectivity index (χ1) is 15.9. The third-order valence-corrected chi connectivity index (χ3v) is 8.07. The number of hydrogen-bond donors (Lipinski definition) is 1. The third kappa shape index (κ3) is 7.42. The summed E-state index contributed by atoms with van der Waals surface area (Å²) in [5, 5.41) is 9.21. The summed E-state index contributed by atoms with van der Waals surface area (Å²) < 4.78 is 45.5. The lowest BCUT2D eigenvalue weighted by Gasteiger charge is -2.30. The topological polar surface area (TPSA) is 70.1 Å². The van der Waals surface area contributed by atoms with Crippen molar-refractivity contribution in [3.8, 4) is 5.75 Å². The van der Waals surface area contributed by atoms with Crippen LogP contribution in [0.15, 0.2) is 53.4 Å². The monoisotopic (exact) mass is 478 g/mol. The van der Waals surface area contributed by atoms with Gasteiger partial charge in [-0.3, -0.25) is 4.31 Å². The van der Waals surface area contributed by atoms with Gasteiger partial charge in [-0.1, -0.05) is 12.8 Å². The van der Waals surface area contributed by atoms with E-state index in [9.17, 15) is 17.9 Å². The van der Waals surface area contributed by atoms with Crippen molar-refractivity contribution < 1.29 is 22.7 Å². The molecule has 0 atom stereocenters. The lowest BCUT2D eigenvalue weighted by Crippen LogP contribution is -2.35. The van der Waals surface area contributed by atoms with Crippen LogP contribution in [0.1, 0.15) is 38.5 Å². The van der Waals surface area contributed by atoms with Crippen LogP contribution in [0.4, 0.5) is 10.1 Å². The molecule has 0 aliphatic carbocycles. The number of unbranched alkanes of at least 4 members (excludes halogenated alkanes) is 3. The number of likely N-dealkylation sites (tertiary alicyclic amines) is 1. The summed E-state index contributed by atoms with van der Waals surface area (Å²) in [5.74, 6) is 0.724. The molecule has 0 amide bonds. The van der Waals surface area contributed by atoms with Crippen LogP contribution >= 0.6 is 0 Å². The van der Waals surface area contributed by atoms with E-state index in [-0.39, 0.29) is 4.90 Å². The van der Waals surface area contributed by atoms with Gasteiger partial charge in [0.15, 0.2) is 0 Å². The Balaban J connectivity index is 1.34. The van der Waals surface area contributed by atoms with Gasteiger partial charge in [0.2, 0.25) is 0 Å². The number of hydrogen-bond acceptors (Lipinski definition) is 5. The summed E-state index contributed by atoms with van der Waals surface area (Å²) >= 11 is 0. The minimum Gasteiger partial charge on any atom is -0.494 e. The Bertz CT molecular complexity index is 943. The highest BCUT2D eigenvalue weighted by Crippen LogP contribution is 2.24. The van der Waals surface area contributed by atoms with E-state index in [2.05, 4.69) is 4.90 Å². The Hall–Kier alpha value is -2.16. The molecular weight excluding hydrogens is 443 g/mol. The van der Waals surface area contributed by atoms with Crippen molar-refractivity contribution in [2.45, 2.75) is 43.4 Å². The average Bonchev–Trinajstić information content (AvgIpc) is 2.84. The zero-order valence-corrected chi connectivity index (χ0v) is 20.1. The van der Waals surface area contributed by atoms with E-state index in [0.717, 1.165) is 57.5 Å². The second-order valence-electron chi connectivity index (χ2n) is 8.65. The molecule has 6 nitrogen and oxygen atoms in total. The fourth-order valence-corrected chi connectivity index (χ4v) is 5.22. The highest BCUT2D eigenvalue weighted by atomic mass is 32.2. The van der Waals surface area contributed by atoms with Crippen molar-refractivity contribution in [3.05, 3.63) is 54.3 Å². The molecule has 2 aromatic carbocycles. The first kappa shape index (κ1) is 25.5. The molecule has 1 fully saturated rings. The lowest BCUT2D eigenvalue weighted by molar-refractivity contribution is 0.130. The van der Waals surface area contributed by atoms with E-state index in [1.165, 1.54) is 36.3 Å². The van der Waals surface area contributed by atoms with E-state index in [0.29, 0.717) is 30.6 Å². The van der Waals surface area contributed by atoms with E-state index in [4.69, 9.17) is 4.74 Å². The number of aliphatic hydroxyl groups excluding tert-OH is 1. The Labute approximate surface area is 197 Å². The summed E-state index contributed by atoms with van der Waals surface area (Å²) in [6.45, 7) is 4.29. The van der Waals surface area contributed by atoms with E-state index < -0.39 is 15.8 Å². The molecule has 0 saturated carbocycles. The van der Waals surface area contributed by atoms with Crippen LogP contribution in [-0.2, 0) is 10.0 Å². The van der Waals surface area contributed by atoms with Crippen molar-refractivity contribution in [1.29, 1.82) is 0 Å². The number of benzene rings is 2. The van der Waals surface area contributed by atoms with Gasteiger partial charge in [0, 0.05) is 13.7 Å². The molecule has 0 radical (unpaired) electrons. The summed E-state index contributed by atoms with van der Waals surface area (Å²) in [6, 6.07) is 11.7. The molecule has 33 heavy (non-hydrogen) atoms.